The molecule has 24 heavy (non-hydrogen) atoms. The minimum Gasteiger partial charge on any atom is -0.445 e. The van der Waals surface area contributed by atoms with Crippen LogP contribution in [0.1, 0.15) is 0 Å². The van der Waals surface area contributed by atoms with Crippen molar-refractivity contribution in [3.63, 3.8) is 0 Å². The van der Waals surface area contributed by atoms with Crippen LogP contribution in [0.2, 0.25) is 0 Å². The van der Waals surface area contributed by atoms with Crippen LogP contribution >= 0.6 is 0 Å². The summed E-state index contributed by atoms with van der Waals surface area (Å²) in [5, 5.41) is 0. The zero-order valence-corrected chi connectivity index (χ0v) is 12.0. The fourth-order valence-corrected chi connectivity index (χ4v) is 1.61. The molecule has 0 N–H and O–H groups in total. The van der Waals surface area contributed by atoms with E-state index in [1.807, 2.05) is 18.2 Å². The fraction of sp³-hybridized carbons (Fsp3) is 0. The Kier molecular flexibility index (Phi) is 6.64. The summed E-state index contributed by atoms with van der Waals surface area (Å²) < 4.78 is 112. The zero-order valence-electron chi connectivity index (χ0n) is 11.2. The first-order chi connectivity index (χ1) is 11.1. The van der Waals surface area contributed by atoms with Crippen molar-refractivity contribution in [3.05, 3.63) is 59.4 Å². The second-order valence-corrected chi connectivity index (χ2v) is 4.33. The van der Waals surface area contributed by atoms with E-state index in [2.05, 4.69) is 4.18 Å². The highest BCUT2D eigenvalue weighted by atomic mass is 32.2. The van der Waals surface area contributed by atoms with Crippen molar-refractivity contribution in [1.29, 1.82) is 0 Å². The molecule has 0 saturated heterocycles. The first kappa shape index (κ1) is 19.8. The van der Waals surface area contributed by atoms with E-state index in [1.54, 1.807) is 12.1 Å². The minimum atomic E-state index is -6.30. The highest BCUT2D eigenvalue weighted by Crippen LogP contribution is 2.21. The van der Waals surface area contributed by atoms with Gasteiger partial charge < -0.3 is 12.9 Å². The van der Waals surface area contributed by atoms with Crippen LogP contribution < -0.4 is 9.65 Å². The van der Waals surface area contributed by atoms with E-state index in [-0.39, 0.29) is 11.9 Å². The predicted octanol–water partition coefficient (Wildman–Crippen LogP) is 3.85. The number of rotatable bonds is 3. The molecule has 12 heteroatoms. The van der Waals surface area contributed by atoms with Crippen molar-refractivity contribution in [1.82, 2.24) is 0 Å². The Morgan fingerprint density at radius 3 is 1.54 bits per heavy atom. The second kappa shape index (κ2) is 8.04. The van der Waals surface area contributed by atoms with E-state index in [0.29, 0.717) is 5.75 Å². The molecule has 2 aromatic carbocycles. The molecule has 0 heterocycles. The molecule has 0 amide bonds. The largest absolute Gasteiger partial charge is 0.759 e. The maximum atomic E-state index is 12.5. The molecule has 2 rings (SSSR count). The van der Waals surface area contributed by atoms with Crippen molar-refractivity contribution in [2.75, 3.05) is 0 Å². The van der Waals surface area contributed by atoms with Gasteiger partial charge in [-0.05, 0) is 17.6 Å². The van der Waals surface area contributed by atoms with E-state index < -0.39 is 41.5 Å². The summed E-state index contributed by atoms with van der Waals surface area (Å²) in [4.78, 5) is 0. The molecule has 0 atom stereocenters. The van der Waals surface area contributed by atoms with Crippen molar-refractivity contribution < 1.29 is 43.3 Å². The third kappa shape index (κ3) is 4.63. The lowest BCUT2D eigenvalue weighted by atomic mass is 9.79. The number of hydrogen-bond acceptors (Lipinski definition) is 2. The molecule has 2 aromatic rings. The Balaban J connectivity index is 0.000000272. The molecule has 0 unspecified atom stereocenters. The van der Waals surface area contributed by atoms with E-state index >= 15 is 0 Å². The lowest BCUT2D eigenvalue weighted by molar-refractivity contribution is 0.377. The van der Waals surface area contributed by atoms with Gasteiger partial charge in [-0.25, -0.2) is 22.0 Å². The third-order valence-corrected chi connectivity index (χ3v) is 2.71. The molecule has 0 fully saturated rings. The van der Waals surface area contributed by atoms with Gasteiger partial charge in [-0.3, -0.25) is 0 Å². The predicted molar refractivity (Wildman–Crippen MR) is 70.1 cm³/mol. The minimum absolute atomic E-state index is 0.105. The second-order valence-electron chi connectivity index (χ2n) is 4.02. The smallest absolute Gasteiger partial charge is 0.445 e. The molecule has 0 radical (unpaired) electrons. The summed E-state index contributed by atoms with van der Waals surface area (Å²) in [5.74, 6) is -13.0. The summed E-state index contributed by atoms with van der Waals surface area (Å²) in [6.07, 6.45) is 0. The maximum absolute atomic E-state index is 12.5. The van der Waals surface area contributed by atoms with Gasteiger partial charge in [-0.1, -0.05) is 18.2 Å². The zero-order chi connectivity index (χ0) is 18.5. The summed E-state index contributed by atoms with van der Waals surface area (Å²) in [7, 11) is 0. The SMILES string of the molecule is Fc1c(F)c(F)c([B-](F)(F)F)c(F)c1F.O=[S+]Oc1ccccc1. The van der Waals surface area contributed by atoms with Crippen LogP contribution in [0.4, 0.5) is 34.9 Å². The van der Waals surface area contributed by atoms with Crippen LogP contribution in [0.5, 0.6) is 5.75 Å². The van der Waals surface area contributed by atoms with Gasteiger partial charge in [-0.2, -0.15) is 4.18 Å². The van der Waals surface area contributed by atoms with Crippen LogP contribution in [0.25, 0.3) is 0 Å². The Morgan fingerprint density at radius 1 is 0.750 bits per heavy atom. The summed E-state index contributed by atoms with van der Waals surface area (Å²) in [5.41, 5.74) is -2.73. The number of hydrogen-bond donors (Lipinski definition) is 0. The molecule has 2 nitrogen and oxygen atoms in total. The molecule has 0 aliphatic heterocycles. The van der Waals surface area contributed by atoms with E-state index in [4.69, 9.17) is 0 Å². The summed E-state index contributed by atoms with van der Waals surface area (Å²) in [6, 6.07) is 8.94. The van der Waals surface area contributed by atoms with Gasteiger partial charge in [-0.15, -0.1) is 0 Å². The van der Waals surface area contributed by atoms with Crippen LogP contribution in [-0.4, -0.2) is 6.98 Å². The summed E-state index contributed by atoms with van der Waals surface area (Å²) >= 11 is 0.105. The third-order valence-electron chi connectivity index (χ3n) is 2.44. The lowest BCUT2D eigenvalue weighted by Gasteiger charge is -2.17. The Hall–Kier alpha value is -2.24. The first-order valence-corrected chi connectivity index (χ1v) is 6.50. The molecule has 0 saturated carbocycles. The fourth-order valence-electron chi connectivity index (χ4n) is 1.42. The molecule has 0 aliphatic carbocycles. The molecular weight excluding hydrogens is 371 g/mol. The summed E-state index contributed by atoms with van der Waals surface area (Å²) in [6.45, 7) is -6.30. The van der Waals surface area contributed by atoms with Crippen molar-refractivity contribution in [2.45, 2.75) is 0 Å². The lowest BCUT2D eigenvalue weighted by Crippen LogP contribution is -2.41. The van der Waals surface area contributed by atoms with Gasteiger partial charge in [0.2, 0.25) is 5.75 Å². The normalized spacial score (nSPS) is 10.7. The van der Waals surface area contributed by atoms with E-state index in [1.165, 1.54) is 0 Å². The number of para-hydroxylation sites is 1. The maximum Gasteiger partial charge on any atom is 0.759 e. The first-order valence-electron chi connectivity index (χ1n) is 5.84. The van der Waals surface area contributed by atoms with Crippen LogP contribution in [0.3, 0.4) is 0 Å². The molecule has 0 aliphatic rings. The molecular formula is C12H5BF8O2S. The topological polar surface area (TPSA) is 26.3 Å². The highest BCUT2D eigenvalue weighted by Gasteiger charge is 2.37. The molecule has 0 bridgehead atoms. The van der Waals surface area contributed by atoms with Gasteiger partial charge in [0, 0.05) is 0 Å². The van der Waals surface area contributed by atoms with Gasteiger partial charge in [0.1, 0.15) is 11.6 Å². The number of benzene rings is 2. The van der Waals surface area contributed by atoms with Gasteiger partial charge in [0.25, 0.3) is 0 Å². The van der Waals surface area contributed by atoms with Gasteiger partial charge in [0.05, 0.1) is 4.21 Å². The molecule has 0 spiro atoms. The Morgan fingerprint density at radius 2 is 1.17 bits per heavy atom. The van der Waals surface area contributed by atoms with Crippen LogP contribution in [-0.2, 0) is 16.2 Å². The highest BCUT2D eigenvalue weighted by molar-refractivity contribution is 7.60. The van der Waals surface area contributed by atoms with Gasteiger partial charge >= 0.3 is 18.9 Å². The van der Waals surface area contributed by atoms with E-state index in [9.17, 15) is 39.1 Å². The van der Waals surface area contributed by atoms with Crippen LogP contribution in [0.15, 0.2) is 30.3 Å². The monoisotopic (exact) mass is 376 g/mol. The van der Waals surface area contributed by atoms with E-state index in [0.717, 1.165) is 0 Å². The average molecular weight is 376 g/mol. The van der Waals surface area contributed by atoms with Gasteiger partial charge in [0.15, 0.2) is 17.5 Å². The van der Waals surface area contributed by atoms with Crippen molar-refractivity contribution in [3.8, 4) is 5.75 Å². The van der Waals surface area contributed by atoms with Crippen LogP contribution in [0, 0.1) is 29.1 Å². The average Bonchev–Trinajstić information content (AvgIpc) is 2.52. The van der Waals surface area contributed by atoms with Crippen molar-refractivity contribution in [2.24, 2.45) is 0 Å². The standard InChI is InChI=1S/C6BF8.C6H5O2S/c8-2-1(7(13,14)15)3(9)5(11)6(12)4(2)10;7-9-8-6-4-2-1-3-5-6/h;1-5H/q-1;+1. The quantitative estimate of drug-likeness (QED) is 0.203. The molecule has 0 aromatic heterocycles. The Bertz CT molecular complexity index is 694. The molecule has 130 valence electrons. The van der Waals surface area contributed by atoms with Crippen molar-refractivity contribution >= 4 is 24.4 Å². The number of halogens is 8. The Labute approximate surface area is 133 Å².